The molecule has 1 aliphatic carbocycles. The highest BCUT2D eigenvalue weighted by molar-refractivity contribution is 7.10. The van der Waals surface area contributed by atoms with E-state index in [1.807, 2.05) is 11.3 Å². The molecule has 0 spiro atoms. The number of hydrogen-bond acceptors (Lipinski definition) is 3. The maximum atomic E-state index is 5.29. The van der Waals surface area contributed by atoms with Crippen LogP contribution in [0.15, 0.2) is 11.4 Å². The van der Waals surface area contributed by atoms with Crippen molar-refractivity contribution in [1.29, 1.82) is 0 Å². The van der Waals surface area contributed by atoms with E-state index in [1.165, 1.54) is 19.3 Å². The highest BCUT2D eigenvalue weighted by atomic mass is 32.1. The van der Waals surface area contributed by atoms with E-state index in [-0.39, 0.29) is 0 Å². The van der Waals surface area contributed by atoms with Gasteiger partial charge >= 0.3 is 0 Å². The first kappa shape index (κ1) is 10.8. The Morgan fingerprint density at radius 3 is 3.19 bits per heavy atom. The smallest absolute Gasteiger partial charge is 0.0554 e. The highest BCUT2D eigenvalue weighted by Gasteiger charge is 2.34. The molecule has 2 heterocycles. The number of hydrogen-bond donors (Lipinski definition) is 1. The minimum Gasteiger partial charge on any atom is -0.380 e. The molecule has 16 heavy (non-hydrogen) atoms. The van der Waals surface area contributed by atoms with Crippen molar-refractivity contribution < 1.29 is 4.74 Å². The summed E-state index contributed by atoms with van der Waals surface area (Å²) in [5.74, 6) is 0. The molecular formula is C13H19NOS. The highest BCUT2D eigenvalue weighted by Crippen LogP contribution is 2.34. The topological polar surface area (TPSA) is 21.3 Å². The van der Waals surface area contributed by atoms with Gasteiger partial charge in [-0.05, 0) is 36.3 Å². The molecule has 0 amide bonds. The van der Waals surface area contributed by atoms with Crippen LogP contribution in [-0.2, 0) is 11.2 Å². The third-order valence-electron chi connectivity index (χ3n) is 3.73. The molecule has 1 aromatic rings. The molecule has 2 nitrogen and oxygen atoms in total. The quantitative estimate of drug-likeness (QED) is 0.873. The van der Waals surface area contributed by atoms with Gasteiger partial charge in [0.1, 0.15) is 0 Å². The van der Waals surface area contributed by atoms with Crippen LogP contribution in [0.1, 0.15) is 36.2 Å². The van der Waals surface area contributed by atoms with E-state index >= 15 is 0 Å². The summed E-state index contributed by atoms with van der Waals surface area (Å²) in [6, 6.07) is 2.89. The predicted molar refractivity (Wildman–Crippen MR) is 66.9 cm³/mol. The van der Waals surface area contributed by atoms with Crippen molar-refractivity contribution in [2.24, 2.45) is 5.41 Å². The first-order valence-corrected chi connectivity index (χ1v) is 7.02. The summed E-state index contributed by atoms with van der Waals surface area (Å²) in [6.07, 6.45) is 3.91. The van der Waals surface area contributed by atoms with E-state index in [2.05, 4.69) is 23.7 Å². The third kappa shape index (κ3) is 1.92. The first-order chi connectivity index (χ1) is 7.77. The van der Waals surface area contributed by atoms with Crippen LogP contribution in [0.5, 0.6) is 0 Å². The van der Waals surface area contributed by atoms with Crippen LogP contribution < -0.4 is 5.32 Å². The van der Waals surface area contributed by atoms with Crippen LogP contribution >= 0.6 is 11.3 Å². The molecule has 88 valence electrons. The number of fused-ring (bicyclic) bond motifs is 1. The van der Waals surface area contributed by atoms with Crippen LogP contribution in [0.2, 0.25) is 0 Å². The van der Waals surface area contributed by atoms with Crippen LogP contribution in [0.4, 0.5) is 0 Å². The Morgan fingerprint density at radius 2 is 2.44 bits per heavy atom. The molecule has 1 aromatic heterocycles. The summed E-state index contributed by atoms with van der Waals surface area (Å²) in [6.45, 7) is 5.24. The van der Waals surface area contributed by atoms with Crippen LogP contribution in [0.25, 0.3) is 0 Å². The molecule has 2 aliphatic rings. The largest absolute Gasteiger partial charge is 0.380 e. The number of nitrogens with one attached hydrogen (secondary N) is 1. The van der Waals surface area contributed by atoms with Gasteiger partial charge < -0.3 is 10.1 Å². The molecule has 3 heteroatoms. The first-order valence-electron chi connectivity index (χ1n) is 6.14. The lowest BCUT2D eigenvalue weighted by molar-refractivity contribution is -0.100. The summed E-state index contributed by atoms with van der Waals surface area (Å²) >= 11 is 1.92. The lowest BCUT2D eigenvalue weighted by Crippen LogP contribution is -2.48. The van der Waals surface area contributed by atoms with E-state index in [0.717, 1.165) is 19.8 Å². The van der Waals surface area contributed by atoms with Crippen molar-refractivity contribution in [2.45, 2.75) is 32.2 Å². The summed E-state index contributed by atoms with van der Waals surface area (Å²) in [4.78, 5) is 1.60. The van der Waals surface area contributed by atoms with E-state index < -0.39 is 0 Å². The lowest BCUT2D eigenvalue weighted by Gasteiger charge is -2.39. The number of ether oxygens (including phenoxy) is 1. The van der Waals surface area contributed by atoms with Gasteiger partial charge in [0.15, 0.2) is 0 Å². The van der Waals surface area contributed by atoms with Crippen molar-refractivity contribution in [3.05, 3.63) is 21.9 Å². The maximum Gasteiger partial charge on any atom is 0.0554 e. The van der Waals surface area contributed by atoms with Gasteiger partial charge in [-0.2, -0.15) is 0 Å². The zero-order valence-corrected chi connectivity index (χ0v) is 10.6. The van der Waals surface area contributed by atoms with Gasteiger partial charge in [0, 0.05) is 22.9 Å². The number of aryl methyl sites for hydroxylation is 1. The molecule has 0 aromatic carbocycles. The van der Waals surface area contributed by atoms with Gasteiger partial charge in [-0.15, -0.1) is 11.3 Å². The van der Waals surface area contributed by atoms with E-state index in [4.69, 9.17) is 4.74 Å². The summed E-state index contributed by atoms with van der Waals surface area (Å²) in [5, 5.41) is 5.97. The SMILES string of the molecule is CC1(CNC2CCCc3sccc32)COC1. The molecule has 0 saturated carbocycles. The minimum atomic E-state index is 0.383. The van der Waals surface area contributed by atoms with E-state index in [1.54, 1.807) is 10.4 Å². The zero-order chi connectivity index (χ0) is 11.0. The van der Waals surface area contributed by atoms with Crippen molar-refractivity contribution in [3.8, 4) is 0 Å². The average molecular weight is 237 g/mol. The van der Waals surface area contributed by atoms with Crippen LogP contribution in [0.3, 0.4) is 0 Å². The average Bonchev–Trinajstić information content (AvgIpc) is 2.72. The van der Waals surface area contributed by atoms with Gasteiger partial charge in [0.25, 0.3) is 0 Å². The molecule has 1 fully saturated rings. The molecular weight excluding hydrogens is 218 g/mol. The van der Waals surface area contributed by atoms with Gasteiger partial charge in [0.05, 0.1) is 13.2 Å². The Balaban J connectivity index is 1.64. The van der Waals surface area contributed by atoms with Gasteiger partial charge in [-0.1, -0.05) is 6.92 Å². The minimum absolute atomic E-state index is 0.383. The number of thiophene rings is 1. The van der Waals surface area contributed by atoms with Crippen LogP contribution in [-0.4, -0.2) is 19.8 Å². The van der Waals surface area contributed by atoms with Crippen molar-refractivity contribution in [2.75, 3.05) is 19.8 Å². The Morgan fingerprint density at radius 1 is 1.56 bits per heavy atom. The molecule has 1 aliphatic heterocycles. The fourth-order valence-electron chi connectivity index (χ4n) is 2.62. The molecule has 3 rings (SSSR count). The molecule has 1 unspecified atom stereocenters. The van der Waals surface area contributed by atoms with Gasteiger partial charge in [0.2, 0.25) is 0 Å². The summed E-state index contributed by atoms with van der Waals surface area (Å²) < 4.78 is 5.29. The van der Waals surface area contributed by atoms with Crippen LogP contribution in [0, 0.1) is 5.41 Å². The van der Waals surface area contributed by atoms with E-state index in [9.17, 15) is 0 Å². The summed E-state index contributed by atoms with van der Waals surface area (Å²) in [5.41, 5.74) is 1.94. The second kappa shape index (κ2) is 4.13. The second-order valence-corrected chi connectivity index (χ2v) is 6.43. The molecule has 1 N–H and O–H groups in total. The Labute approximate surface area is 101 Å². The van der Waals surface area contributed by atoms with E-state index in [0.29, 0.717) is 11.5 Å². The fourth-order valence-corrected chi connectivity index (χ4v) is 3.61. The van der Waals surface area contributed by atoms with Gasteiger partial charge in [-0.3, -0.25) is 0 Å². The molecule has 1 saturated heterocycles. The zero-order valence-electron chi connectivity index (χ0n) is 9.79. The monoisotopic (exact) mass is 237 g/mol. The second-order valence-electron chi connectivity index (χ2n) is 5.43. The lowest BCUT2D eigenvalue weighted by atomic mass is 9.87. The van der Waals surface area contributed by atoms with Crippen molar-refractivity contribution in [3.63, 3.8) is 0 Å². The molecule has 0 radical (unpaired) electrons. The number of rotatable bonds is 3. The van der Waals surface area contributed by atoms with Crippen molar-refractivity contribution in [1.82, 2.24) is 5.32 Å². The van der Waals surface area contributed by atoms with Gasteiger partial charge in [-0.25, -0.2) is 0 Å². The third-order valence-corrected chi connectivity index (χ3v) is 4.72. The van der Waals surface area contributed by atoms with Crippen molar-refractivity contribution >= 4 is 11.3 Å². The molecule has 1 atom stereocenters. The Bertz CT molecular complexity index is 370. The Hall–Kier alpha value is -0.380. The fraction of sp³-hybridized carbons (Fsp3) is 0.692. The normalized spacial score (nSPS) is 27.2. The molecule has 0 bridgehead atoms. The summed E-state index contributed by atoms with van der Waals surface area (Å²) in [7, 11) is 0. The Kier molecular flexibility index (Phi) is 2.78. The standard InChI is InChI=1S/C13H19NOS/c1-13(8-15-9-13)7-14-11-3-2-4-12-10(11)5-6-16-12/h5-6,11,14H,2-4,7-9H2,1H3. The predicted octanol–water partition coefficient (Wildman–Crippen LogP) is 2.75. The maximum absolute atomic E-state index is 5.29.